The summed E-state index contributed by atoms with van der Waals surface area (Å²) in [6.07, 6.45) is 14.1. The van der Waals surface area contributed by atoms with Crippen LogP contribution in [0, 0.1) is 5.92 Å². The van der Waals surface area contributed by atoms with E-state index in [0.29, 0.717) is 24.0 Å². The molecular weight excluding hydrogens is 312 g/mol. The molecule has 25 heavy (non-hydrogen) atoms. The minimum atomic E-state index is -0.408. The summed E-state index contributed by atoms with van der Waals surface area (Å²) in [6.45, 7) is 6.76. The second-order valence-electron chi connectivity index (χ2n) is 9.44. The molecule has 1 heterocycles. The summed E-state index contributed by atoms with van der Waals surface area (Å²) in [5.41, 5.74) is -0.408. The zero-order valence-corrected chi connectivity index (χ0v) is 16.6. The maximum absolute atomic E-state index is 12.8. The molecule has 0 spiro atoms. The molecule has 1 saturated heterocycles. The average Bonchev–Trinajstić information content (AvgIpc) is 3.02. The van der Waals surface area contributed by atoms with Crippen LogP contribution in [0.5, 0.6) is 0 Å². The first-order valence-electron chi connectivity index (χ1n) is 10.7. The van der Waals surface area contributed by atoms with Gasteiger partial charge in [-0.3, -0.25) is 0 Å². The van der Waals surface area contributed by atoms with Gasteiger partial charge in [0.1, 0.15) is 5.60 Å². The van der Waals surface area contributed by atoms with Crippen molar-refractivity contribution in [2.45, 2.75) is 115 Å². The predicted octanol–water partition coefficient (Wildman–Crippen LogP) is 4.87. The third kappa shape index (κ3) is 5.12. The van der Waals surface area contributed by atoms with Crippen LogP contribution < -0.4 is 5.32 Å². The Balaban J connectivity index is 1.64. The highest BCUT2D eigenvalue weighted by Gasteiger charge is 2.41. The maximum Gasteiger partial charge on any atom is 0.410 e. The highest BCUT2D eigenvalue weighted by Crippen LogP contribution is 2.36. The van der Waals surface area contributed by atoms with Gasteiger partial charge in [0.2, 0.25) is 0 Å². The van der Waals surface area contributed by atoms with Crippen molar-refractivity contribution < 1.29 is 9.53 Å². The van der Waals surface area contributed by atoms with Crippen LogP contribution in [0.2, 0.25) is 0 Å². The number of ether oxygens (including phenoxy) is 1. The van der Waals surface area contributed by atoms with Crippen LogP contribution in [0.3, 0.4) is 0 Å². The molecule has 4 nitrogen and oxygen atoms in total. The monoisotopic (exact) mass is 350 g/mol. The lowest BCUT2D eigenvalue weighted by atomic mass is 9.85. The van der Waals surface area contributed by atoms with E-state index in [2.05, 4.69) is 10.2 Å². The van der Waals surface area contributed by atoms with Gasteiger partial charge in [-0.05, 0) is 71.6 Å². The topological polar surface area (TPSA) is 41.6 Å². The molecule has 3 fully saturated rings. The zero-order valence-electron chi connectivity index (χ0n) is 16.6. The van der Waals surface area contributed by atoms with Crippen molar-refractivity contribution in [3.63, 3.8) is 0 Å². The van der Waals surface area contributed by atoms with Crippen LogP contribution in [-0.2, 0) is 4.74 Å². The summed E-state index contributed by atoms with van der Waals surface area (Å²) >= 11 is 0. The Morgan fingerprint density at radius 1 is 0.920 bits per heavy atom. The van der Waals surface area contributed by atoms with Crippen molar-refractivity contribution in [1.82, 2.24) is 10.2 Å². The molecule has 0 aromatic rings. The Labute approximate surface area is 154 Å². The van der Waals surface area contributed by atoms with Gasteiger partial charge < -0.3 is 15.0 Å². The number of nitrogens with one attached hydrogen (secondary N) is 1. The SMILES string of the molecule is CC(C)(C)OC(=O)N1CCCCC1C1CCCC1NC1CCCCC1. The number of hydrogen-bond acceptors (Lipinski definition) is 3. The van der Waals surface area contributed by atoms with Crippen molar-refractivity contribution in [1.29, 1.82) is 0 Å². The van der Waals surface area contributed by atoms with E-state index in [4.69, 9.17) is 4.74 Å². The molecule has 4 heteroatoms. The van der Waals surface area contributed by atoms with E-state index in [1.54, 1.807) is 0 Å². The van der Waals surface area contributed by atoms with Crippen LogP contribution in [-0.4, -0.2) is 41.3 Å². The van der Waals surface area contributed by atoms with Gasteiger partial charge in [0, 0.05) is 24.7 Å². The van der Waals surface area contributed by atoms with Crippen LogP contribution in [0.15, 0.2) is 0 Å². The number of amides is 1. The van der Waals surface area contributed by atoms with Gasteiger partial charge in [-0.15, -0.1) is 0 Å². The van der Waals surface area contributed by atoms with Crippen molar-refractivity contribution in [2.75, 3.05) is 6.54 Å². The molecule has 1 amide bonds. The lowest BCUT2D eigenvalue weighted by molar-refractivity contribution is -0.000493. The summed E-state index contributed by atoms with van der Waals surface area (Å²) in [4.78, 5) is 14.8. The first-order valence-corrected chi connectivity index (χ1v) is 10.7. The first kappa shape index (κ1) is 19.0. The minimum absolute atomic E-state index is 0.0967. The van der Waals surface area contributed by atoms with Crippen molar-refractivity contribution in [3.05, 3.63) is 0 Å². The molecule has 0 bridgehead atoms. The third-order valence-electron chi connectivity index (χ3n) is 6.30. The Morgan fingerprint density at radius 3 is 2.36 bits per heavy atom. The van der Waals surface area contributed by atoms with Crippen molar-refractivity contribution >= 4 is 6.09 Å². The fraction of sp³-hybridized carbons (Fsp3) is 0.952. The van der Waals surface area contributed by atoms with Gasteiger partial charge >= 0.3 is 6.09 Å². The number of hydrogen-bond donors (Lipinski definition) is 1. The van der Waals surface area contributed by atoms with Crippen molar-refractivity contribution in [2.24, 2.45) is 5.92 Å². The Hall–Kier alpha value is -0.770. The number of carbonyl (C=O) groups excluding carboxylic acids is 1. The molecule has 0 aromatic heterocycles. The molecule has 0 aromatic carbocycles. The molecular formula is C21H38N2O2. The largest absolute Gasteiger partial charge is 0.444 e. The van der Waals surface area contributed by atoms with E-state index >= 15 is 0 Å². The van der Waals surface area contributed by atoms with Crippen LogP contribution in [0.1, 0.15) is 91.4 Å². The van der Waals surface area contributed by atoms with Gasteiger partial charge in [-0.2, -0.15) is 0 Å². The van der Waals surface area contributed by atoms with Crippen molar-refractivity contribution in [3.8, 4) is 0 Å². The fourth-order valence-electron chi connectivity index (χ4n) is 5.18. The molecule has 2 aliphatic carbocycles. The second kappa shape index (κ2) is 8.28. The lowest BCUT2D eigenvalue weighted by Gasteiger charge is -2.42. The molecule has 0 radical (unpaired) electrons. The fourth-order valence-corrected chi connectivity index (χ4v) is 5.18. The molecule has 3 rings (SSSR count). The molecule has 3 unspecified atom stereocenters. The number of likely N-dealkylation sites (tertiary alicyclic amines) is 1. The molecule has 1 aliphatic heterocycles. The maximum atomic E-state index is 12.8. The predicted molar refractivity (Wildman–Crippen MR) is 102 cm³/mol. The Bertz CT molecular complexity index is 440. The molecule has 2 saturated carbocycles. The van der Waals surface area contributed by atoms with E-state index in [1.165, 1.54) is 57.8 Å². The van der Waals surface area contributed by atoms with Gasteiger partial charge in [0.25, 0.3) is 0 Å². The minimum Gasteiger partial charge on any atom is -0.444 e. The number of piperidine rings is 1. The summed E-state index contributed by atoms with van der Waals surface area (Å²) in [6, 6.07) is 1.67. The van der Waals surface area contributed by atoms with Crippen LogP contribution in [0.25, 0.3) is 0 Å². The normalized spacial score (nSPS) is 32.0. The van der Waals surface area contributed by atoms with Gasteiger partial charge in [-0.25, -0.2) is 4.79 Å². The lowest BCUT2D eigenvalue weighted by Crippen LogP contribution is -2.53. The average molecular weight is 351 g/mol. The molecule has 3 aliphatic rings. The first-order chi connectivity index (χ1) is 11.9. The van der Waals surface area contributed by atoms with Gasteiger partial charge in [-0.1, -0.05) is 25.7 Å². The Kier molecular flexibility index (Phi) is 6.30. The van der Waals surface area contributed by atoms with Gasteiger partial charge in [0.05, 0.1) is 0 Å². The summed E-state index contributed by atoms with van der Waals surface area (Å²) in [7, 11) is 0. The van der Waals surface area contributed by atoms with E-state index in [0.717, 1.165) is 19.4 Å². The number of carbonyl (C=O) groups is 1. The van der Waals surface area contributed by atoms with E-state index in [9.17, 15) is 4.79 Å². The number of nitrogens with zero attached hydrogens (tertiary/aromatic N) is 1. The van der Waals surface area contributed by atoms with Gasteiger partial charge in [0.15, 0.2) is 0 Å². The molecule has 3 atom stereocenters. The smallest absolute Gasteiger partial charge is 0.410 e. The van der Waals surface area contributed by atoms with E-state index in [-0.39, 0.29) is 6.09 Å². The third-order valence-corrected chi connectivity index (χ3v) is 6.30. The van der Waals surface area contributed by atoms with Crippen LogP contribution in [0.4, 0.5) is 4.79 Å². The Morgan fingerprint density at radius 2 is 1.64 bits per heavy atom. The summed E-state index contributed by atoms with van der Waals surface area (Å²) in [5, 5.41) is 3.99. The number of rotatable bonds is 3. The highest BCUT2D eigenvalue weighted by molar-refractivity contribution is 5.68. The molecule has 144 valence electrons. The standard InChI is InChI=1S/C21H38N2O2/c1-21(2,3)25-20(24)23-15-8-7-14-19(23)17-12-9-13-18(17)22-16-10-5-4-6-11-16/h16-19,22H,4-15H2,1-3H3. The molecule has 1 N–H and O–H groups in total. The highest BCUT2D eigenvalue weighted by atomic mass is 16.6. The second-order valence-corrected chi connectivity index (χ2v) is 9.44. The zero-order chi connectivity index (χ0) is 17.9. The summed E-state index contributed by atoms with van der Waals surface area (Å²) < 4.78 is 5.72. The van der Waals surface area contributed by atoms with Crippen LogP contribution >= 0.6 is 0 Å². The van der Waals surface area contributed by atoms with E-state index < -0.39 is 5.60 Å². The summed E-state index contributed by atoms with van der Waals surface area (Å²) in [5.74, 6) is 0.606. The quantitative estimate of drug-likeness (QED) is 0.790. The van der Waals surface area contributed by atoms with E-state index in [1.807, 2.05) is 20.8 Å².